The number of aliphatic hydroxyl groups is 1. The van der Waals surface area contributed by atoms with E-state index >= 15 is 0 Å². The number of rotatable bonds is 3. The van der Waals surface area contributed by atoms with Gasteiger partial charge in [0.2, 0.25) is 0 Å². The van der Waals surface area contributed by atoms with Crippen LogP contribution >= 0.6 is 0 Å². The van der Waals surface area contributed by atoms with Gasteiger partial charge in [-0.3, -0.25) is 4.79 Å². The summed E-state index contributed by atoms with van der Waals surface area (Å²) < 4.78 is 18.0. The van der Waals surface area contributed by atoms with E-state index in [1.54, 1.807) is 0 Å². The Labute approximate surface area is 162 Å². The van der Waals surface area contributed by atoms with E-state index in [-0.39, 0.29) is 35.1 Å². The third-order valence-electron chi connectivity index (χ3n) is 7.80. The molecule has 0 bridgehead atoms. The van der Waals surface area contributed by atoms with Crippen LogP contribution < -0.4 is 0 Å². The summed E-state index contributed by atoms with van der Waals surface area (Å²) in [4.78, 5) is 11.4. The first-order valence-corrected chi connectivity index (χ1v) is 10.4. The molecule has 2 saturated carbocycles. The van der Waals surface area contributed by atoms with Crippen molar-refractivity contribution in [3.63, 3.8) is 0 Å². The molecule has 2 aliphatic heterocycles. The molecule has 4 fully saturated rings. The van der Waals surface area contributed by atoms with Gasteiger partial charge in [-0.1, -0.05) is 19.1 Å². The van der Waals surface area contributed by atoms with Gasteiger partial charge in [0.1, 0.15) is 17.8 Å². The SMILES string of the molecule is C=C1CCC2OC2(COC(C)=O)CC2OC23C(C(C)(C)O)CCC3(C)CC1. The molecule has 0 aromatic heterocycles. The van der Waals surface area contributed by atoms with Crippen molar-refractivity contribution in [1.29, 1.82) is 0 Å². The van der Waals surface area contributed by atoms with Gasteiger partial charge in [0.05, 0.1) is 17.8 Å². The minimum absolute atomic E-state index is 0.0304. The van der Waals surface area contributed by atoms with Gasteiger partial charge in [-0.05, 0) is 57.8 Å². The van der Waals surface area contributed by atoms with Gasteiger partial charge in [-0.2, -0.15) is 0 Å². The summed E-state index contributed by atoms with van der Waals surface area (Å²) >= 11 is 0. The van der Waals surface area contributed by atoms with Crippen molar-refractivity contribution in [3.8, 4) is 0 Å². The van der Waals surface area contributed by atoms with Crippen molar-refractivity contribution >= 4 is 5.97 Å². The highest BCUT2D eigenvalue weighted by molar-refractivity contribution is 5.66. The maximum atomic E-state index is 11.4. The van der Waals surface area contributed by atoms with Gasteiger partial charge in [-0.25, -0.2) is 0 Å². The molecule has 4 aliphatic rings. The van der Waals surface area contributed by atoms with E-state index in [1.807, 2.05) is 13.8 Å². The summed E-state index contributed by atoms with van der Waals surface area (Å²) in [5.41, 5.74) is -0.235. The Bertz CT molecular complexity index is 652. The molecule has 0 aromatic rings. The smallest absolute Gasteiger partial charge is 0.302 e. The lowest BCUT2D eigenvalue weighted by molar-refractivity contribution is -0.142. The van der Waals surface area contributed by atoms with Crippen molar-refractivity contribution in [1.82, 2.24) is 0 Å². The van der Waals surface area contributed by atoms with Crippen molar-refractivity contribution in [2.24, 2.45) is 11.3 Å². The first-order chi connectivity index (χ1) is 12.5. The van der Waals surface area contributed by atoms with E-state index in [2.05, 4.69) is 13.5 Å². The van der Waals surface area contributed by atoms with Crippen LogP contribution in [-0.2, 0) is 19.0 Å². The molecule has 6 atom stereocenters. The Morgan fingerprint density at radius 3 is 2.67 bits per heavy atom. The van der Waals surface area contributed by atoms with Crippen molar-refractivity contribution in [3.05, 3.63) is 12.2 Å². The number of fused-ring (bicyclic) bond motifs is 1. The van der Waals surface area contributed by atoms with Crippen LogP contribution in [-0.4, -0.2) is 46.7 Å². The Balaban J connectivity index is 1.64. The standard InChI is InChI=1S/C22H34O5/c1-14-6-7-17-21(26-17,13-25-15(2)23)12-18-22(27-18)16(19(3,4)24)9-11-20(22,5)10-8-14/h16-18,24H,1,6-13H2,2-5H3. The molecule has 2 heterocycles. The molecular formula is C22H34O5. The summed E-state index contributed by atoms with van der Waals surface area (Å²) in [6, 6.07) is 0. The summed E-state index contributed by atoms with van der Waals surface area (Å²) in [5, 5.41) is 10.9. The van der Waals surface area contributed by atoms with Crippen LogP contribution in [0.15, 0.2) is 12.2 Å². The molecule has 2 saturated heterocycles. The maximum Gasteiger partial charge on any atom is 0.302 e. The average molecular weight is 379 g/mol. The van der Waals surface area contributed by atoms with E-state index in [4.69, 9.17) is 14.2 Å². The lowest BCUT2D eigenvalue weighted by Gasteiger charge is -2.37. The van der Waals surface area contributed by atoms with Gasteiger partial charge >= 0.3 is 5.97 Å². The molecule has 6 unspecified atom stereocenters. The van der Waals surface area contributed by atoms with E-state index < -0.39 is 11.2 Å². The lowest BCUT2D eigenvalue weighted by atomic mass is 9.67. The fourth-order valence-corrected chi connectivity index (χ4v) is 6.11. The molecule has 27 heavy (non-hydrogen) atoms. The van der Waals surface area contributed by atoms with Crippen LogP contribution in [0.25, 0.3) is 0 Å². The van der Waals surface area contributed by atoms with Crippen LogP contribution in [0, 0.1) is 11.3 Å². The minimum atomic E-state index is -0.781. The Morgan fingerprint density at radius 2 is 2.00 bits per heavy atom. The van der Waals surface area contributed by atoms with Crippen molar-refractivity contribution in [2.45, 2.75) is 102 Å². The van der Waals surface area contributed by atoms with Crippen LogP contribution in [0.4, 0.5) is 0 Å². The minimum Gasteiger partial charge on any atom is -0.463 e. The second-order valence-electron chi connectivity index (χ2n) is 10.1. The third kappa shape index (κ3) is 3.06. The van der Waals surface area contributed by atoms with Gasteiger partial charge in [0, 0.05) is 19.3 Å². The summed E-state index contributed by atoms with van der Waals surface area (Å²) in [6.45, 7) is 12.2. The van der Waals surface area contributed by atoms with Gasteiger partial charge in [0.25, 0.3) is 0 Å². The molecule has 4 rings (SSSR count). The van der Waals surface area contributed by atoms with Crippen molar-refractivity contribution in [2.75, 3.05) is 6.61 Å². The fraction of sp³-hybridized carbons (Fsp3) is 0.864. The molecule has 152 valence electrons. The third-order valence-corrected chi connectivity index (χ3v) is 7.80. The molecule has 5 nitrogen and oxygen atoms in total. The van der Waals surface area contributed by atoms with Crippen LogP contribution in [0.2, 0.25) is 0 Å². The van der Waals surface area contributed by atoms with Crippen LogP contribution in [0.5, 0.6) is 0 Å². The highest BCUT2D eigenvalue weighted by Crippen LogP contribution is 2.69. The fourth-order valence-electron chi connectivity index (χ4n) is 6.11. The second-order valence-corrected chi connectivity index (χ2v) is 10.1. The number of allylic oxidation sites excluding steroid dienone is 1. The average Bonchev–Trinajstić information content (AvgIpc) is 3.41. The summed E-state index contributed by atoms with van der Waals surface area (Å²) in [7, 11) is 0. The molecule has 0 radical (unpaired) electrons. The molecule has 0 aromatic carbocycles. The first-order valence-electron chi connectivity index (χ1n) is 10.4. The van der Waals surface area contributed by atoms with Gasteiger partial charge in [-0.15, -0.1) is 0 Å². The molecule has 1 N–H and O–H groups in total. The van der Waals surface area contributed by atoms with E-state index in [0.717, 1.165) is 44.9 Å². The van der Waals surface area contributed by atoms with Gasteiger partial charge in [0.15, 0.2) is 0 Å². The molecular weight excluding hydrogens is 344 g/mol. The van der Waals surface area contributed by atoms with Crippen molar-refractivity contribution < 1.29 is 24.1 Å². The summed E-state index contributed by atoms with van der Waals surface area (Å²) in [6.07, 6.45) is 6.85. The quantitative estimate of drug-likeness (QED) is 0.462. The normalized spacial score (nSPS) is 46.6. The zero-order chi connectivity index (χ0) is 19.7. The van der Waals surface area contributed by atoms with E-state index in [9.17, 15) is 9.90 Å². The lowest BCUT2D eigenvalue weighted by Crippen LogP contribution is -2.46. The first kappa shape index (κ1) is 19.4. The molecule has 5 heteroatoms. The predicted octanol–water partition coefficient (Wildman–Crippen LogP) is 3.53. The van der Waals surface area contributed by atoms with E-state index in [1.165, 1.54) is 12.5 Å². The maximum absolute atomic E-state index is 11.4. The largest absolute Gasteiger partial charge is 0.463 e. The number of hydrogen-bond acceptors (Lipinski definition) is 5. The highest BCUT2D eigenvalue weighted by atomic mass is 16.7. The number of esters is 1. The zero-order valence-electron chi connectivity index (χ0n) is 17.2. The topological polar surface area (TPSA) is 71.6 Å². The Hall–Kier alpha value is -0.910. The van der Waals surface area contributed by atoms with Gasteiger partial charge < -0.3 is 19.3 Å². The molecule has 0 amide bonds. The number of ether oxygens (including phenoxy) is 3. The number of epoxide rings is 2. The molecule has 1 spiro atoms. The number of hydrogen-bond donors (Lipinski definition) is 1. The number of carbonyl (C=O) groups is 1. The molecule has 2 aliphatic carbocycles. The van der Waals surface area contributed by atoms with E-state index in [0.29, 0.717) is 6.61 Å². The van der Waals surface area contributed by atoms with Crippen LogP contribution in [0.1, 0.15) is 72.6 Å². The summed E-state index contributed by atoms with van der Waals surface area (Å²) in [5.74, 6) is -0.166. The number of carbonyl (C=O) groups excluding carboxylic acids is 1. The van der Waals surface area contributed by atoms with Crippen LogP contribution in [0.3, 0.4) is 0 Å². The second kappa shape index (κ2) is 6.04. The monoisotopic (exact) mass is 378 g/mol. The zero-order valence-corrected chi connectivity index (χ0v) is 17.2. The predicted molar refractivity (Wildman–Crippen MR) is 101 cm³/mol. The highest BCUT2D eigenvalue weighted by Gasteiger charge is 2.77. The Morgan fingerprint density at radius 1 is 1.26 bits per heavy atom. The Kier molecular flexibility index (Phi) is 4.34.